The van der Waals surface area contributed by atoms with Gasteiger partial charge in [-0.15, -0.1) is 11.3 Å². The molecule has 0 N–H and O–H groups in total. The summed E-state index contributed by atoms with van der Waals surface area (Å²) in [7, 11) is 1.78. The lowest BCUT2D eigenvalue weighted by atomic mass is 10.2. The van der Waals surface area contributed by atoms with Crippen molar-refractivity contribution >= 4 is 28.2 Å². The summed E-state index contributed by atoms with van der Waals surface area (Å²) in [6.45, 7) is 1.96. The number of furan rings is 1. The summed E-state index contributed by atoms with van der Waals surface area (Å²) in [5.41, 5.74) is 0.826. The highest BCUT2D eigenvalue weighted by Gasteiger charge is 2.21. The first-order valence-electron chi connectivity index (χ1n) is 8.72. The lowest BCUT2D eigenvalue weighted by molar-refractivity contribution is -0.132. The van der Waals surface area contributed by atoms with E-state index in [2.05, 4.69) is 10.1 Å². The maximum atomic E-state index is 12.6. The quantitative estimate of drug-likeness (QED) is 0.484. The molecule has 6 nitrogen and oxygen atoms in total. The van der Waals surface area contributed by atoms with Gasteiger partial charge in [0.15, 0.2) is 0 Å². The number of thiophene rings is 1. The van der Waals surface area contributed by atoms with E-state index in [0.29, 0.717) is 24.6 Å². The van der Waals surface area contributed by atoms with E-state index >= 15 is 0 Å². The van der Waals surface area contributed by atoms with E-state index in [4.69, 9.17) is 8.94 Å². The van der Waals surface area contributed by atoms with Gasteiger partial charge in [0.25, 0.3) is 0 Å². The van der Waals surface area contributed by atoms with Gasteiger partial charge in [-0.3, -0.25) is 4.79 Å². The lowest BCUT2D eigenvalue weighted by Gasteiger charge is -2.23. The van der Waals surface area contributed by atoms with Crippen LogP contribution in [0.4, 0.5) is 0 Å². The zero-order chi connectivity index (χ0) is 18.8. The van der Waals surface area contributed by atoms with Crippen LogP contribution in [-0.2, 0) is 11.2 Å². The van der Waals surface area contributed by atoms with Gasteiger partial charge in [0.1, 0.15) is 11.3 Å². The van der Waals surface area contributed by atoms with Gasteiger partial charge < -0.3 is 13.8 Å². The molecule has 0 radical (unpaired) electrons. The minimum atomic E-state index is -0.158. The van der Waals surface area contributed by atoms with Gasteiger partial charge in [0, 0.05) is 25.3 Å². The SMILES string of the molecule is CC(c1cc2ccccc2o1)N(C)C(=O)CCc1nc(-c2cccs2)no1. The van der Waals surface area contributed by atoms with Gasteiger partial charge in [0.05, 0.1) is 10.9 Å². The van der Waals surface area contributed by atoms with E-state index < -0.39 is 0 Å². The summed E-state index contributed by atoms with van der Waals surface area (Å²) >= 11 is 1.55. The summed E-state index contributed by atoms with van der Waals surface area (Å²) in [5.74, 6) is 1.80. The Balaban J connectivity index is 1.38. The minimum Gasteiger partial charge on any atom is -0.459 e. The lowest BCUT2D eigenvalue weighted by Crippen LogP contribution is -2.29. The largest absolute Gasteiger partial charge is 0.459 e. The van der Waals surface area contributed by atoms with E-state index in [-0.39, 0.29) is 11.9 Å². The Bertz CT molecular complexity index is 1020. The molecule has 0 saturated heterocycles. The Morgan fingerprint density at radius 2 is 2.11 bits per heavy atom. The van der Waals surface area contributed by atoms with Crippen LogP contribution < -0.4 is 0 Å². The van der Waals surface area contributed by atoms with Crippen LogP contribution in [-0.4, -0.2) is 28.0 Å². The van der Waals surface area contributed by atoms with Crippen LogP contribution in [0.1, 0.15) is 31.0 Å². The van der Waals surface area contributed by atoms with Gasteiger partial charge in [0.2, 0.25) is 17.6 Å². The van der Waals surface area contributed by atoms with E-state index in [0.717, 1.165) is 21.6 Å². The molecule has 0 fully saturated rings. The molecule has 0 spiro atoms. The fourth-order valence-corrected chi connectivity index (χ4v) is 3.52. The van der Waals surface area contributed by atoms with Crippen LogP contribution in [0.15, 0.2) is 56.8 Å². The first-order valence-corrected chi connectivity index (χ1v) is 9.60. The van der Waals surface area contributed by atoms with Crippen molar-refractivity contribution in [3.8, 4) is 10.7 Å². The zero-order valence-corrected chi connectivity index (χ0v) is 15.9. The molecular weight excluding hydrogens is 362 g/mol. The minimum absolute atomic E-state index is 0.00108. The Morgan fingerprint density at radius 3 is 2.89 bits per heavy atom. The van der Waals surface area contributed by atoms with Crippen molar-refractivity contribution in [2.24, 2.45) is 0 Å². The van der Waals surface area contributed by atoms with Gasteiger partial charge in [-0.05, 0) is 30.5 Å². The van der Waals surface area contributed by atoms with Crippen molar-refractivity contribution in [2.45, 2.75) is 25.8 Å². The number of hydrogen-bond donors (Lipinski definition) is 0. The number of nitrogens with zero attached hydrogens (tertiary/aromatic N) is 3. The Labute approximate surface area is 160 Å². The molecule has 4 rings (SSSR count). The Morgan fingerprint density at radius 1 is 1.26 bits per heavy atom. The maximum Gasteiger partial charge on any atom is 0.227 e. The standard InChI is InChI=1S/C20H19N3O3S/c1-13(16-12-14-6-3-4-7-15(14)25-16)23(2)19(24)10-9-18-21-20(22-26-18)17-8-5-11-27-17/h3-8,11-13H,9-10H2,1-2H3. The molecule has 3 aromatic heterocycles. The molecule has 27 heavy (non-hydrogen) atoms. The van der Waals surface area contributed by atoms with Crippen LogP contribution in [0, 0.1) is 0 Å². The number of hydrogen-bond acceptors (Lipinski definition) is 6. The number of rotatable bonds is 6. The molecule has 138 valence electrons. The summed E-state index contributed by atoms with van der Waals surface area (Å²) < 4.78 is 11.1. The van der Waals surface area contributed by atoms with Crippen LogP contribution in [0.2, 0.25) is 0 Å². The average molecular weight is 381 g/mol. The highest BCUT2D eigenvalue weighted by molar-refractivity contribution is 7.13. The third-order valence-electron chi connectivity index (χ3n) is 4.59. The van der Waals surface area contributed by atoms with Crippen molar-refractivity contribution < 1.29 is 13.7 Å². The molecule has 1 aromatic carbocycles. The van der Waals surface area contributed by atoms with Crippen LogP contribution in [0.3, 0.4) is 0 Å². The number of fused-ring (bicyclic) bond motifs is 1. The Hall–Kier alpha value is -2.93. The van der Waals surface area contributed by atoms with Crippen molar-refractivity contribution in [3.05, 3.63) is 59.5 Å². The summed E-state index contributed by atoms with van der Waals surface area (Å²) in [4.78, 5) is 19.6. The highest BCUT2D eigenvalue weighted by atomic mass is 32.1. The highest BCUT2D eigenvalue weighted by Crippen LogP contribution is 2.27. The summed E-state index contributed by atoms with van der Waals surface area (Å²) in [5, 5.41) is 6.97. The number of benzene rings is 1. The van der Waals surface area contributed by atoms with E-state index in [9.17, 15) is 4.79 Å². The second-order valence-corrected chi connectivity index (χ2v) is 7.30. The predicted molar refractivity (Wildman–Crippen MR) is 103 cm³/mol. The van der Waals surface area contributed by atoms with Crippen molar-refractivity contribution in [2.75, 3.05) is 7.05 Å². The number of para-hydroxylation sites is 1. The van der Waals surface area contributed by atoms with E-state index in [1.54, 1.807) is 23.3 Å². The second-order valence-electron chi connectivity index (χ2n) is 6.36. The van der Waals surface area contributed by atoms with Crippen LogP contribution >= 0.6 is 11.3 Å². The van der Waals surface area contributed by atoms with Gasteiger partial charge in [-0.2, -0.15) is 4.98 Å². The molecule has 3 heterocycles. The fraction of sp³-hybridized carbons (Fsp3) is 0.250. The van der Waals surface area contributed by atoms with Crippen LogP contribution in [0.5, 0.6) is 0 Å². The van der Waals surface area contributed by atoms with Gasteiger partial charge >= 0.3 is 0 Å². The molecule has 0 saturated carbocycles. The summed E-state index contributed by atoms with van der Waals surface area (Å²) in [6.07, 6.45) is 0.710. The smallest absolute Gasteiger partial charge is 0.227 e. The monoisotopic (exact) mass is 381 g/mol. The molecule has 0 aliphatic rings. The maximum absolute atomic E-state index is 12.6. The third kappa shape index (κ3) is 3.64. The van der Waals surface area contributed by atoms with E-state index in [1.165, 1.54) is 0 Å². The fourth-order valence-electron chi connectivity index (χ4n) is 2.87. The molecule has 7 heteroatoms. The molecule has 0 aliphatic carbocycles. The van der Waals surface area contributed by atoms with Crippen molar-refractivity contribution in [1.29, 1.82) is 0 Å². The molecule has 4 aromatic rings. The first kappa shape index (κ1) is 17.5. The van der Waals surface area contributed by atoms with Gasteiger partial charge in [-0.25, -0.2) is 0 Å². The molecule has 1 amide bonds. The number of carbonyl (C=O) groups excluding carboxylic acids is 1. The number of aromatic nitrogens is 2. The number of carbonyl (C=O) groups is 1. The average Bonchev–Trinajstić information content (AvgIpc) is 3.44. The third-order valence-corrected chi connectivity index (χ3v) is 5.46. The first-order chi connectivity index (χ1) is 13.1. The molecular formula is C20H19N3O3S. The van der Waals surface area contributed by atoms with Crippen LogP contribution in [0.25, 0.3) is 21.7 Å². The molecule has 0 aliphatic heterocycles. The van der Waals surface area contributed by atoms with E-state index in [1.807, 2.05) is 54.8 Å². The predicted octanol–water partition coefficient (Wildman–Crippen LogP) is 4.70. The molecule has 1 atom stereocenters. The van der Waals surface area contributed by atoms with Crippen molar-refractivity contribution in [1.82, 2.24) is 15.0 Å². The van der Waals surface area contributed by atoms with Crippen molar-refractivity contribution in [3.63, 3.8) is 0 Å². The topological polar surface area (TPSA) is 72.4 Å². The Kier molecular flexibility index (Phi) is 4.77. The molecule has 1 unspecified atom stereocenters. The molecule has 0 bridgehead atoms. The normalized spacial score (nSPS) is 12.4. The number of aryl methyl sites for hydroxylation is 1. The second kappa shape index (κ2) is 7.36. The summed E-state index contributed by atoms with van der Waals surface area (Å²) in [6, 6.07) is 13.5. The van der Waals surface area contributed by atoms with Gasteiger partial charge in [-0.1, -0.05) is 29.4 Å². The zero-order valence-electron chi connectivity index (χ0n) is 15.1. The number of amides is 1.